The number of halogens is 1. The molecule has 1 aliphatic carbocycles. The molecule has 0 aromatic carbocycles. The summed E-state index contributed by atoms with van der Waals surface area (Å²) in [5.74, 6) is 1.23. The summed E-state index contributed by atoms with van der Waals surface area (Å²) in [5, 5.41) is 1.16. The Morgan fingerprint density at radius 2 is 2.27 bits per heavy atom. The van der Waals surface area contributed by atoms with Crippen molar-refractivity contribution >= 4 is 15.9 Å². The van der Waals surface area contributed by atoms with Crippen molar-refractivity contribution in [3.8, 4) is 0 Å². The molecule has 3 nitrogen and oxygen atoms in total. The fourth-order valence-electron chi connectivity index (χ4n) is 2.34. The van der Waals surface area contributed by atoms with E-state index in [4.69, 9.17) is 0 Å². The molecule has 1 saturated carbocycles. The van der Waals surface area contributed by atoms with Gasteiger partial charge in [-0.3, -0.25) is 4.90 Å². The Labute approximate surface area is 98.6 Å². The maximum Gasteiger partial charge on any atom is 0.122 e. The molecule has 0 amide bonds. The Morgan fingerprint density at radius 3 is 3.00 bits per heavy atom. The third-order valence-electron chi connectivity index (χ3n) is 3.62. The number of alkyl halides is 1. The lowest BCUT2D eigenvalue weighted by atomic mass is 10.1. The lowest BCUT2D eigenvalue weighted by molar-refractivity contribution is 0.184. The molecule has 3 rings (SSSR count). The van der Waals surface area contributed by atoms with E-state index >= 15 is 0 Å². The van der Waals surface area contributed by atoms with Crippen molar-refractivity contribution in [2.45, 2.75) is 25.9 Å². The van der Waals surface area contributed by atoms with Gasteiger partial charge >= 0.3 is 0 Å². The molecule has 0 spiro atoms. The van der Waals surface area contributed by atoms with Crippen molar-refractivity contribution in [2.24, 2.45) is 5.41 Å². The van der Waals surface area contributed by atoms with Gasteiger partial charge in [0.15, 0.2) is 0 Å². The summed E-state index contributed by atoms with van der Waals surface area (Å²) < 4.78 is 2.27. The third kappa shape index (κ3) is 1.85. The van der Waals surface area contributed by atoms with Crippen LogP contribution in [0, 0.1) is 5.41 Å². The average molecular weight is 270 g/mol. The Balaban J connectivity index is 1.66. The maximum absolute atomic E-state index is 4.39. The van der Waals surface area contributed by atoms with Gasteiger partial charge in [-0.25, -0.2) is 4.98 Å². The second-order valence-electron chi connectivity index (χ2n) is 4.88. The molecule has 1 aromatic rings. The van der Waals surface area contributed by atoms with Crippen LogP contribution in [0.1, 0.15) is 18.7 Å². The van der Waals surface area contributed by atoms with E-state index in [1.54, 1.807) is 0 Å². The summed E-state index contributed by atoms with van der Waals surface area (Å²) in [7, 11) is 0. The predicted molar refractivity (Wildman–Crippen MR) is 63.0 cm³/mol. The quantitative estimate of drug-likeness (QED) is 0.782. The van der Waals surface area contributed by atoms with Crippen LogP contribution in [0.25, 0.3) is 0 Å². The summed E-state index contributed by atoms with van der Waals surface area (Å²) in [6.07, 6.45) is 6.78. The molecule has 0 N–H and O–H groups in total. The first-order valence-electron chi connectivity index (χ1n) is 5.60. The Morgan fingerprint density at radius 1 is 1.40 bits per heavy atom. The molecule has 1 fully saturated rings. The van der Waals surface area contributed by atoms with Crippen molar-refractivity contribution in [3.05, 3.63) is 18.2 Å². The zero-order valence-electron chi connectivity index (χ0n) is 8.82. The number of hydrogen-bond donors (Lipinski definition) is 0. The molecule has 1 aliphatic heterocycles. The number of fused-ring (bicyclic) bond motifs is 1. The average Bonchev–Trinajstić information content (AvgIpc) is 2.88. The predicted octanol–water partition coefficient (Wildman–Crippen LogP) is 1.87. The van der Waals surface area contributed by atoms with Gasteiger partial charge in [-0.2, -0.15) is 0 Å². The molecule has 0 atom stereocenters. The molecule has 15 heavy (non-hydrogen) atoms. The molecule has 0 saturated heterocycles. The molecule has 82 valence electrons. The van der Waals surface area contributed by atoms with Crippen LogP contribution in [0.15, 0.2) is 12.4 Å². The van der Waals surface area contributed by atoms with Crippen LogP contribution in [-0.2, 0) is 13.1 Å². The Hall–Kier alpha value is -0.350. The number of aromatic nitrogens is 2. The monoisotopic (exact) mass is 269 g/mol. The van der Waals surface area contributed by atoms with Crippen LogP contribution >= 0.6 is 15.9 Å². The largest absolute Gasteiger partial charge is 0.333 e. The SMILES string of the molecule is BrCC1(CN2CCn3ccnc3C2)CC1. The summed E-state index contributed by atoms with van der Waals surface area (Å²) in [5.41, 5.74) is 0.592. The van der Waals surface area contributed by atoms with Gasteiger partial charge in [-0.15, -0.1) is 0 Å². The Kier molecular flexibility index (Phi) is 2.36. The normalized spacial score (nSPS) is 23.8. The minimum Gasteiger partial charge on any atom is -0.333 e. The molecular formula is C11H16BrN3. The molecule has 0 bridgehead atoms. The minimum absolute atomic E-state index is 0.592. The zero-order chi connectivity index (χ0) is 10.3. The summed E-state index contributed by atoms with van der Waals surface area (Å²) in [6, 6.07) is 0. The second kappa shape index (κ2) is 3.59. The highest BCUT2D eigenvalue weighted by Crippen LogP contribution is 2.47. The molecule has 0 unspecified atom stereocenters. The topological polar surface area (TPSA) is 21.1 Å². The lowest BCUT2D eigenvalue weighted by Gasteiger charge is -2.30. The first kappa shape index (κ1) is 9.85. The van der Waals surface area contributed by atoms with Crippen molar-refractivity contribution in [1.29, 1.82) is 0 Å². The van der Waals surface area contributed by atoms with Gasteiger partial charge < -0.3 is 4.57 Å². The van der Waals surface area contributed by atoms with E-state index in [2.05, 4.69) is 36.6 Å². The van der Waals surface area contributed by atoms with Crippen LogP contribution in [0.4, 0.5) is 0 Å². The van der Waals surface area contributed by atoms with E-state index in [0.29, 0.717) is 5.41 Å². The fraction of sp³-hybridized carbons (Fsp3) is 0.727. The number of rotatable bonds is 3. The highest BCUT2D eigenvalue weighted by molar-refractivity contribution is 9.09. The first-order chi connectivity index (χ1) is 7.31. The molecule has 0 radical (unpaired) electrons. The third-order valence-corrected chi connectivity index (χ3v) is 4.81. The fourth-order valence-corrected chi connectivity index (χ4v) is 3.08. The Bertz CT molecular complexity index is 356. The van der Waals surface area contributed by atoms with Crippen LogP contribution in [0.3, 0.4) is 0 Å². The van der Waals surface area contributed by atoms with Crippen molar-refractivity contribution in [1.82, 2.24) is 14.5 Å². The smallest absolute Gasteiger partial charge is 0.122 e. The minimum atomic E-state index is 0.592. The van der Waals surface area contributed by atoms with Crippen LogP contribution in [-0.4, -0.2) is 32.9 Å². The molecule has 2 aliphatic rings. The highest BCUT2D eigenvalue weighted by atomic mass is 79.9. The van der Waals surface area contributed by atoms with Crippen molar-refractivity contribution in [2.75, 3.05) is 18.4 Å². The van der Waals surface area contributed by atoms with Crippen molar-refractivity contribution in [3.63, 3.8) is 0 Å². The van der Waals surface area contributed by atoms with E-state index in [-0.39, 0.29) is 0 Å². The van der Waals surface area contributed by atoms with Gasteiger partial charge in [0.2, 0.25) is 0 Å². The van der Waals surface area contributed by atoms with Crippen LogP contribution in [0.2, 0.25) is 0 Å². The van der Waals surface area contributed by atoms with E-state index in [9.17, 15) is 0 Å². The lowest BCUT2D eigenvalue weighted by Crippen LogP contribution is -2.38. The zero-order valence-corrected chi connectivity index (χ0v) is 10.4. The van der Waals surface area contributed by atoms with E-state index in [1.165, 1.54) is 31.8 Å². The van der Waals surface area contributed by atoms with E-state index in [1.807, 2.05) is 6.20 Å². The molecule has 1 aromatic heterocycles. The number of nitrogens with zero attached hydrogens (tertiary/aromatic N) is 3. The van der Waals surface area contributed by atoms with Gasteiger partial charge in [-0.1, -0.05) is 15.9 Å². The summed E-state index contributed by atoms with van der Waals surface area (Å²) >= 11 is 3.64. The molecule has 4 heteroatoms. The van der Waals surface area contributed by atoms with Gasteiger partial charge in [0.05, 0.1) is 6.54 Å². The van der Waals surface area contributed by atoms with Gasteiger partial charge in [0.25, 0.3) is 0 Å². The summed E-state index contributed by atoms with van der Waals surface area (Å²) in [4.78, 5) is 6.95. The standard InChI is InChI=1S/C11H16BrN3/c12-8-11(1-2-11)9-14-5-6-15-4-3-13-10(15)7-14/h3-4H,1-2,5-9H2. The molecule has 2 heterocycles. The van der Waals surface area contributed by atoms with Gasteiger partial charge in [0.1, 0.15) is 5.82 Å². The second-order valence-corrected chi connectivity index (χ2v) is 5.44. The van der Waals surface area contributed by atoms with Crippen molar-refractivity contribution < 1.29 is 0 Å². The first-order valence-corrected chi connectivity index (χ1v) is 6.72. The molecular weight excluding hydrogens is 254 g/mol. The van der Waals surface area contributed by atoms with Crippen LogP contribution in [0.5, 0.6) is 0 Å². The van der Waals surface area contributed by atoms with Gasteiger partial charge in [-0.05, 0) is 18.3 Å². The maximum atomic E-state index is 4.39. The van der Waals surface area contributed by atoms with E-state index in [0.717, 1.165) is 18.4 Å². The van der Waals surface area contributed by atoms with Crippen LogP contribution < -0.4 is 0 Å². The van der Waals surface area contributed by atoms with E-state index < -0.39 is 0 Å². The summed E-state index contributed by atoms with van der Waals surface area (Å²) in [6.45, 7) is 4.55. The van der Waals surface area contributed by atoms with Gasteiger partial charge in [0, 0.05) is 37.4 Å². The number of hydrogen-bond acceptors (Lipinski definition) is 2. The number of imidazole rings is 1. The highest BCUT2D eigenvalue weighted by Gasteiger charge is 2.43.